The Morgan fingerprint density at radius 1 is 1.47 bits per heavy atom. The van der Waals surface area contributed by atoms with Crippen LogP contribution in [0.4, 0.5) is 0 Å². The van der Waals surface area contributed by atoms with Crippen molar-refractivity contribution in [3.05, 3.63) is 36.0 Å². The number of aromatic amines is 1. The first kappa shape index (κ1) is 10.6. The van der Waals surface area contributed by atoms with E-state index >= 15 is 0 Å². The van der Waals surface area contributed by atoms with Crippen molar-refractivity contribution in [1.82, 2.24) is 8.51 Å². The number of carbonyl (C=O) groups excluding carboxylic acids is 1. The summed E-state index contributed by atoms with van der Waals surface area (Å²) in [6.07, 6.45) is 3.62. The first-order valence-corrected chi connectivity index (χ1v) is 5.79. The minimum atomic E-state index is -0.121. The van der Waals surface area contributed by atoms with Gasteiger partial charge in [-0.15, -0.1) is 0 Å². The van der Waals surface area contributed by atoms with Crippen molar-refractivity contribution >= 4 is 40.1 Å². The molecule has 3 nitrogen and oxygen atoms in total. The van der Waals surface area contributed by atoms with Gasteiger partial charge in [-0.1, -0.05) is 18.2 Å². The Labute approximate surface area is 102 Å². The Kier molecular flexibility index (Phi) is 3.37. The number of aromatic nitrogens is 1. The van der Waals surface area contributed by atoms with Crippen molar-refractivity contribution in [3.63, 3.8) is 0 Å². The summed E-state index contributed by atoms with van der Waals surface area (Å²) >= 11 is 2.01. The average molecular weight is 314 g/mol. The van der Waals surface area contributed by atoms with Crippen molar-refractivity contribution in [1.29, 1.82) is 0 Å². The van der Waals surface area contributed by atoms with E-state index < -0.39 is 0 Å². The number of para-hydroxylation sites is 1. The maximum atomic E-state index is 10.7. The van der Waals surface area contributed by atoms with Crippen LogP contribution >= 0.6 is 22.9 Å². The number of rotatable bonds is 4. The summed E-state index contributed by atoms with van der Waals surface area (Å²) in [5.74, 6) is 0. The molecule has 78 valence electrons. The summed E-state index contributed by atoms with van der Waals surface area (Å²) in [5.41, 5.74) is 2.29. The third kappa shape index (κ3) is 2.21. The standard InChI is InChI=1S/C11H11IN2O/c12-14-9(7-15)5-8-6-13-11-4-2-1-3-10(8)11/h1-4,6-7,9,13-14H,5H2/t9-/m0/s1. The van der Waals surface area contributed by atoms with Gasteiger partial charge in [0, 0.05) is 40.0 Å². The van der Waals surface area contributed by atoms with E-state index in [1.807, 2.05) is 47.3 Å². The van der Waals surface area contributed by atoms with Crippen LogP contribution in [0.5, 0.6) is 0 Å². The first-order valence-electron chi connectivity index (χ1n) is 4.71. The molecule has 0 unspecified atom stereocenters. The Hall–Kier alpha value is -0.880. The highest BCUT2D eigenvalue weighted by Gasteiger charge is 2.09. The zero-order valence-electron chi connectivity index (χ0n) is 8.03. The number of hydrogen-bond donors (Lipinski definition) is 2. The van der Waals surface area contributed by atoms with Crippen LogP contribution in [-0.4, -0.2) is 17.3 Å². The smallest absolute Gasteiger partial charge is 0.137 e. The van der Waals surface area contributed by atoms with E-state index in [9.17, 15) is 4.79 Å². The van der Waals surface area contributed by atoms with Gasteiger partial charge in [0.05, 0.1) is 6.04 Å². The first-order chi connectivity index (χ1) is 7.35. The highest BCUT2D eigenvalue weighted by molar-refractivity contribution is 14.1. The normalized spacial score (nSPS) is 12.9. The van der Waals surface area contributed by atoms with Crippen LogP contribution in [0, 0.1) is 0 Å². The second-order valence-electron chi connectivity index (χ2n) is 3.42. The monoisotopic (exact) mass is 314 g/mol. The molecule has 1 atom stereocenters. The van der Waals surface area contributed by atoms with Gasteiger partial charge >= 0.3 is 0 Å². The van der Waals surface area contributed by atoms with E-state index in [0.717, 1.165) is 18.2 Å². The molecule has 2 aromatic rings. The predicted molar refractivity (Wildman–Crippen MR) is 69.0 cm³/mol. The van der Waals surface area contributed by atoms with Gasteiger partial charge in [0.25, 0.3) is 0 Å². The molecule has 0 aliphatic carbocycles. The quantitative estimate of drug-likeness (QED) is 0.516. The molecule has 1 heterocycles. The minimum absolute atomic E-state index is 0.121. The number of nitrogens with one attached hydrogen (secondary N) is 2. The molecule has 0 saturated heterocycles. The minimum Gasteiger partial charge on any atom is -0.361 e. The molecular formula is C11H11IN2O. The largest absolute Gasteiger partial charge is 0.361 e. The van der Waals surface area contributed by atoms with Crippen molar-refractivity contribution in [2.45, 2.75) is 12.5 Å². The van der Waals surface area contributed by atoms with Crippen LogP contribution in [0.3, 0.4) is 0 Å². The lowest BCUT2D eigenvalue weighted by atomic mass is 10.1. The number of benzene rings is 1. The summed E-state index contributed by atoms with van der Waals surface area (Å²) < 4.78 is 2.94. The Morgan fingerprint density at radius 3 is 3.00 bits per heavy atom. The van der Waals surface area contributed by atoms with Crippen molar-refractivity contribution in [2.75, 3.05) is 0 Å². The number of fused-ring (bicyclic) bond motifs is 1. The molecule has 15 heavy (non-hydrogen) atoms. The van der Waals surface area contributed by atoms with E-state index in [2.05, 4.69) is 14.6 Å². The number of aldehydes is 1. The molecule has 0 spiro atoms. The molecule has 4 heteroatoms. The van der Waals surface area contributed by atoms with Crippen LogP contribution in [-0.2, 0) is 11.2 Å². The van der Waals surface area contributed by atoms with Gasteiger partial charge in [0.2, 0.25) is 0 Å². The fourth-order valence-corrected chi connectivity index (χ4v) is 2.02. The number of halogens is 1. The second kappa shape index (κ2) is 4.76. The fraction of sp³-hybridized carbons (Fsp3) is 0.182. The molecule has 0 saturated carbocycles. The fourth-order valence-electron chi connectivity index (χ4n) is 1.65. The molecule has 0 bridgehead atoms. The Balaban J connectivity index is 2.32. The summed E-state index contributed by atoms with van der Waals surface area (Å²) in [6.45, 7) is 0. The van der Waals surface area contributed by atoms with Crippen LogP contribution in [0.2, 0.25) is 0 Å². The SMILES string of the molecule is O=C[C@H](Cc1c[nH]c2ccccc12)NI. The summed E-state index contributed by atoms with van der Waals surface area (Å²) in [6, 6.07) is 7.98. The predicted octanol–water partition coefficient (Wildman–Crippen LogP) is 2.22. The summed E-state index contributed by atoms with van der Waals surface area (Å²) in [7, 11) is 0. The highest BCUT2D eigenvalue weighted by Crippen LogP contribution is 2.18. The van der Waals surface area contributed by atoms with E-state index in [1.54, 1.807) is 0 Å². The maximum absolute atomic E-state index is 10.7. The van der Waals surface area contributed by atoms with Gasteiger partial charge in [-0.3, -0.25) is 3.53 Å². The second-order valence-corrected chi connectivity index (χ2v) is 4.04. The molecule has 0 aliphatic heterocycles. The number of carbonyl (C=O) groups is 1. The molecule has 2 rings (SSSR count). The lowest BCUT2D eigenvalue weighted by molar-refractivity contribution is -0.109. The molecule has 0 fully saturated rings. The molecular weight excluding hydrogens is 303 g/mol. The Morgan fingerprint density at radius 2 is 2.27 bits per heavy atom. The lowest BCUT2D eigenvalue weighted by Gasteiger charge is -2.05. The zero-order chi connectivity index (χ0) is 10.7. The van der Waals surface area contributed by atoms with Gasteiger partial charge in [-0.2, -0.15) is 0 Å². The van der Waals surface area contributed by atoms with Gasteiger partial charge in [0.1, 0.15) is 6.29 Å². The van der Waals surface area contributed by atoms with Crippen molar-refractivity contribution < 1.29 is 4.79 Å². The zero-order valence-corrected chi connectivity index (χ0v) is 10.2. The van der Waals surface area contributed by atoms with Crippen LogP contribution in [0.25, 0.3) is 10.9 Å². The number of hydrogen-bond acceptors (Lipinski definition) is 2. The average Bonchev–Trinajstić information content (AvgIpc) is 2.69. The van der Waals surface area contributed by atoms with Gasteiger partial charge in [-0.25, -0.2) is 0 Å². The van der Waals surface area contributed by atoms with Gasteiger partial charge in [-0.05, 0) is 18.1 Å². The van der Waals surface area contributed by atoms with E-state index in [-0.39, 0.29) is 6.04 Å². The van der Waals surface area contributed by atoms with Crippen molar-refractivity contribution in [3.8, 4) is 0 Å². The molecule has 1 aromatic carbocycles. The van der Waals surface area contributed by atoms with Crippen LogP contribution in [0.15, 0.2) is 30.5 Å². The molecule has 0 aliphatic rings. The Bertz CT molecular complexity index is 466. The van der Waals surface area contributed by atoms with Crippen LogP contribution in [0.1, 0.15) is 5.56 Å². The van der Waals surface area contributed by atoms with E-state index in [0.29, 0.717) is 0 Å². The van der Waals surface area contributed by atoms with Crippen molar-refractivity contribution in [2.24, 2.45) is 0 Å². The topological polar surface area (TPSA) is 44.9 Å². The highest BCUT2D eigenvalue weighted by atomic mass is 127. The molecule has 1 aromatic heterocycles. The maximum Gasteiger partial charge on any atom is 0.137 e. The summed E-state index contributed by atoms with van der Waals surface area (Å²) in [5, 5.41) is 1.19. The van der Waals surface area contributed by atoms with E-state index in [4.69, 9.17) is 0 Å². The third-order valence-electron chi connectivity index (χ3n) is 2.42. The van der Waals surface area contributed by atoms with E-state index in [1.165, 1.54) is 10.9 Å². The molecule has 0 amide bonds. The summed E-state index contributed by atoms with van der Waals surface area (Å²) in [4.78, 5) is 13.9. The van der Waals surface area contributed by atoms with Gasteiger partial charge in [0.15, 0.2) is 0 Å². The molecule has 2 N–H and O–H groups in total. The van der Waals surface area contributed by atoms with Gasteiger partial charge < -0.3 is 9.78 Å². The lowest BCUT2D eigenvalue weighted by Crippen LogP contribution is -2.24. The third-order valence-corrected chi connectivity index (χ3v) is 3.22. The van der Waals surface area contributed by atoms with Crippen LogP contribution < -0.4 is 3.53 Å². The molecule has 0 radical (unpaired) electrons. The number of H-pyrrole nitrogens is 1.